The van der Waals surface area contributed by atoms with E-state index < -0.39 is 0 Å². The van der Waals surface area contributed by atoms with Crippen LogP contribution in [0.4, 0.5) is 5.69 Å². The molecule has 9 heteroatoms. The maximum absolute atomic E-state index is 12.5. The van der Waals surface area contributed by atoms with Crippen LogP contribution in [-0.4, -0.2) is 35.2 Å². The number of anilines is 1. The average Bonchev–Trinajstić information content (AvgIpc) is 3.39. The number of benzene rings is 1. The molecule has 3 heterocycles. The van der Waals surface area contributed by atoms with Crippen LogP contribution in [0.5, 0.6) is 0 Å². The predicted octanol–water partition coefficient (Wildman–Crippen LogP) is 3.35. The van der Waals surface area contributed by atoms with Gasteiger partial charge in [-0.1, -0.05) is 29.8 Å². The number of aromatic nitrogens is 6. The van der Waals surface area contributed by atoms with Crippen molar-refractivity contribution in [3.8, 4) is 0 Å². The maximum atomic E-state index is 12.5. The molecule has 8 nitrogen and oxygen atoms in total. The molecule has 29 heavy (non-hydrogen) atoms. The molecule has 1 aromatic carbocycles. The molecular formula is C20H20ClN7O. The number of aryl methyl sites for hydroxylation is 2. The van der Waals surface area contributed by atoms with Gasteiger partial charge in [-0.05, 0) is 37.6 Å². The number of hydrogen-bond acceptors (Lipinski definition) is 4. The number of nitrogens with zero attached hydrogens (tertiary/aromatic N) is 6. The molecule has 0 saturated heterocycles. The summed E-state index contributed by atoms with van der Waals surface area (Å²) < 4.78 is 5.23. The minimum absolute atomic E-state index is 0.297. The van der Waals surface area contributed by atoms with E-state index in [1.807, 2.05) is 48.9 Å². The molecule has 0 radical (unpaired) electrons. The summed E-state index contributed by atoms with van der Waals surface area (Å²) in [6.07, 6.45) is 5.11. The number of nitrogens with one attached hydrogen (secondary N) is 1. The summed E-state index contributed by atoms with van der Waals surface area (Å²) >= 11 is 6.19. The third kappa shape index (κ3) is 4.38. The Balaban J connectivity index is 1.40. The molecule has 0 aliphatic heterocycles. The molecule has 0 unspecified atom stereocenters. The number of hydrogen-bond donors (Lipinski definition) is 1. The molecule has 1 N–H and O–H groups in total. The molecule has 0 bridgehead atoms. The van der Waals surface area contributed by atoms with E-state index in [2.05, 4.69) is 20.6 Å². The molecule has 0 saturated carbocycles. The van der Waals surface area contributed by atoms with Crippen molar-refractivity contribution >= 4 is 23.2 Å². The van der Waals surface area contributed by atoms with E-state index in [-0.39, 0.29) is 5.91 Å². The van der Waals surface area contributed by atoms with Crippen molar-refractivity contribution in [1.29, 1.82) is 0 Å². The second-order valence-corrected chi connectivity index (χ2v) is 7.19. The second-order valence-electron chi connectivity index (χ2n) is 6.78. The Morgan fingerprint density at radius 1 is 1.14 bits per heavy atom. The van der Waals surface area contributed by atoms with E-state index in [9.17, 15) is 4.79 Å². The summed E-state index contributed by atoms with van der Waals surface area (Å²) in [5, 5.41) is 16.5. The number of halogens is 1. The molecule has 0 aliphatic rings. The van der Waals surface area contributed by atoms with Crippen LogP contribution in [0.15, 0.2) is 55.0 Å². The third-order valence-electron chi connectivity index (χ3n) is 4.44. The fourth-order valence-corrected chi connectivity index (χ4v) is 3.22. The first-order valence-corrected chi connectivity index (χ1v) is 9.47. The van der Waals surface area contributed by atoms with E-state index in [0.29, 0.717) is 29.6 Å². The fourth-order valence-electron chi connectivity index (χ4n) is 3.03. The van der Waals surface area contributed by atoms with Gasteiger partial charge >= 0.3 is 0 Å². The van der Waals surface area contributed by atoms with Crippen LogP contribution < -0.4 is 5.32 Å². The van der Waals surface area contributed by atoms with Gasteiger partial charge in [0.2, 0.25) is 0 Å². The lowest BCUT2D eigenvalue weighted by molar-refractivity contribution is 0.102. The Kier molecular flexibility index (Phi) is 5.18. The Morgan fingerprint density at radius 3 is 2.72 bits per heavy atom. The zero-order chi connectivity index (χ0) is 20.4. The quantitative estimate of drug-likeness (QED) is 0.529. The predicted molar refractivity (Wildman–Crippen MR) is 110 cm³/mol. The normalized spacial score (nSPS) is 11.0. The molecule has 0 aliphatic carbocycles. The highest BCUT2D eigenvalue weighted by Gasteiger charge is 2.12. The molecule has 1 amide bonds. The zero-order valence-corrected chi connectivity index (χ0v) is 16.8. The molecular weight excluding hydrogens is 390 g/mol. The van der Waals surface area contributed by atoms with Crippen LogP contribution in [0.1, 0.15) is 27.4 Å². The van der Waals surface area contributed by atoms with Crippen LogP contribution in [-0.2, 0) is 13.2 Å². The molecule has 4 aromatic rings. The van der Waals surface area contributed by atoms with Crippen molar-refractivity contribution < 1.29 is 4.79 Å². The number of rotatable bonds is 6. The lowest BCUT2D eigenvalue weighted by atomic mass is 10.2. The van der Waals surface area contributed by atoms with Gasteiger partial charge in [0, 0.05) is 23.1 Å². The topological polar surface area (TPSA) is 82.6 Å². The van der Waals surface area contributed by atoms with Crippen molar-refractivity contribution in [2.24, 2.45) is 0 Å². The largest absolute Gasteiger partial charge is 0.318 e. The van der Waals surface area contributed by atoms with E-state index in [0.717, 1.165) is 17.0 Å². The Labute approximate surface area is 172 Å². The van der Waals surface area contributed by atoms with Crippen molar-refractivity contribution in [3.05, 3.63) is 82.7 Å². The van der Waals surface area contributed by atoms with E-state index >= 15 is 0 Å². The van der Waals surface area contributed by atoms with Gasteiger partial charge in [0.15, 0.2) is 5.69 Å². The fraction of sp³-hybridized carbons (Fsp3) is 0.200. The summed E-state index contributed by atoms with van der Waals surface area (Å²) in [5.74, 6) is -0.297. The highest BCUT2D eigenvalue weighted by atomic mass is 35.5. The van der Waals surface area contributed by atoms with Gasteiger partial charge in [-0.25, -0.2) is 4.68 Å². The van der Waals surface area contributed by atoms with Gasteiger partial charge in [0.25, 0.3) is 5.91 Å². The molecule has 0 atom stereocenters. The van der Waals surface area contributed by atoms with Crippen molar-refractivity contribution in [3.63, 3.8) is 0 Å². The van der Waals surface area contributed by atoms with Gasteiger partial charge < -0.3 is 5.32 Å². The maximum Gasteiger partial charge on any atom is 0.276 e. The lowest BCUT2D eigenvalue weighted by Crippen LogP contribution is -2.15. The van der Waals surface area contributed by atoms with Crippen LogP contribution in [0.2, 0.25) is 5.02 Å². The van der Waals surface area contributed by atoms with Gasteiger partial charge in [0.1, 0.15) is 6.67 Å². The molecule has 4 rings (SSSR count). The molecule has 0 spiro atoms. The molecule has 3 aromatic heterocycles. The molecule has 148 valence electrons. The first kappa shape index (κ1) is 18.9. The van der Waals surface area contributed by atoms with Gasteiger partial charge in [-0.15, -0.1) is 0 Å². The molecule has 0 fully saturated rings. The Bertz CT molecular complexity index is 1160. The van der Waals surface area contributed by atoms with Crippen molar-refractivity contribution in [2.75, 3.05) is 5.32 Å². The summed E-state index contributed by atoms with van der Waals surface area (Å²) in [6, 6.07) is 11.3. The van der Waals surface area contributed by atoms with Gasteiger partial charge in [0.05, 0.1) is 24.1 Å². The van der Waals surface area contributed by atoms with E-state index in [1.165, 1.54) is 0 Å². The Hall–Kier alpha value is -3.39. The smallest absolute Gasteiger partial charge is 0.276 e. The van der Waals surface area contributed by atoms with E-state index in [4.69, 9.17) is 11.6 Å². The zero-order valence-electron chi connectivity index (χ0n) is 16.1. The summed E-state index contributed by atoms with van der Waals surface area (Å²) in [5.41, 5.74) is 3.86. The average molecular weight is 410 g/mol. The Morgan fingerprint density at radius 2 is 1.97 bits per heavy atom. The van der Waals surface area contributed by atoms with Gasteiger partial charge in [-0.2, -0.15) is 15.3 Å². The number of carbonyl (C=O) groups is 1. The highest BCUT2D eigenvalue weighted by molar-refractivity contribution is 6.31. The standard InChI is InChI=1S/C20H20ClN7O/c1-14-9-15(2)28(24-14)13-26-8-7-19(25-26)20(29)23-17-10-22-27(12-17)11-16-5-3-4-6-18(16)21/h3-10,12H,11,13H2,1-2H3,(H,23,29). The van der Waals surface area contributed by atoms with Crippen molar-refractivity contribution in [1.82, 2.24) is 29.3 Å². The number of amides is 1. The minimum Gasteiger partial charge on any atom is -0.318 e. The second kappa shape index (κ2) is 7.92. The van der Waals surface area contributed by atoms with E-state index in [1.54, 1.807) is 34.0 Å². The minimum atomic E-state index is -0.297. The van der Waals surface area contributed by atoms with Crippen LogP contribution in [0.3, 0.4) is 0 Å². The number of carbonyl (C=O) groups excluding carboxylic acids is 1. The highest BCUT2D eigenvalue weighted by Crippen LogP contribution is 2.17. The summed E-state index contributed by atoms with van der Waals surface area (Å²) in [6.45, 7) is 4.89. The SMILES string of the molecule is Cc1cc(C)n(Cn2ccc(C(=O)Nc3cnn(Cc4ccccc4Cl)c3)n2)n1. The van der Waals surface area contributed by atoms with Gasteiger partial charge in [-0.3, -0.25) is 14.2 Å². The first-order chi connectivity index (χ1) is 14.0. The lowest BCUT2D eigenvalue weighted by Gasteiger charge is -2.04. The summed E-state index contributed by atoms with van der Waals surface area (Å²) in [4.78, 5) is 12.5. The van der Waals surface area contributed by atoms with Crippen LogP contribution >= 0.6 is 11.6 Å². The summed E-state index contributed by atoms with van der Waals surface area (Å²) in [7, 11) is 0. The van der Waals surface area contributed by atoms with Crippen LogP contribution in [0, 0.1) is 13.8 Å². The van der Waals surface area contributed by atoms with Crippen LogP contribution in [0.25, 0.3) is 0 Å². The monoisotopic (exact) mass is 409 g/mol. The van der Waals surface area contributed by atoms with Crippen molar-refractivity contribution in [2.45, 2.75) is 27.1 Å². The third-order valence-corrected chi connectivity index (χ3v) is 4.81. The first-order valence-electron chi connectivity index (χ1n) is 9.09.